The molecule has 2 unspecified atom stereocenters. The Morgan fingerprint density at radius 3 is 2.74 bits per heavy atom. The van der Waals surface area contributed by atoms with Crippen LogP contribution in [0.25, 0.3) is 16.9 Å². The van der Waals surface area contributed by atoms with Gasteiger partial charge in [0.25, 0.3) is 0 Å². The van der Waals surface area contributed by atoms with Gasteiger partial charge in [-0.05, 0) is 61.2 Å². The fourth-order valence-corrected chi connectivity index (χ4v) is 5.65. The third-order valence-electron chi connectivity index (χ3n) is 7.48. The van der Waals surface area contributed by atoms with Gasteiger partial charge in [0.15, 0.2) is 0 Å². The Bertz CT molecular complexity index is 1370. The molecule has 2 aromatic heterocycles. The second-order valence-electron chi connectivity index (χ2n) is 9.70. The molecule has 2 aliphatic rings. The molecule has 3 N–H and O–H groups in total. The molecule has 1 aliphatic heterocycles. The molecule has 0 radical (unpaired) electrons. The Balaban J connectivity index is 1.47. The monoisotopic (exact) mass is 468 g/mol. The molecule has 3 heterocycles. The highest BCUT2D eigenvalue weighted by Gasteiger charge is 2.34. The van der Waals surface area contributed by atoms with E-state index in [9.17, 15) is 10.0 Å². The van der Waals surface area contributed by atoms with Crippen molar-refractivity contribution < 1.29 is 14.8 Å². The minimum absolute atomic E-state index is 0.479. The lowest BCUT2D eigenvalue weighted by Gasteiger charge is -2.36. The average Bonchev–Trinajstić information content (AvgIpc) is 3.22. The van der Waals surface area contributed by atoms with Gasteiger partial charge in [-0.1, -0.05) is 42.5 Å². The van der Waals surface area contributed by atoms with E-state index < -0.39 is 7.12 Å². The second kappa shape index (κ2) is 9.11. The van der Waals surface area contributed by atoms with Gasteiger partial charge in [0.2, 0.25) is 5.95 Å². The number of fused-ring (bicyclic) bond motifs is 3. The fraction of sp³-hybridized carbons (Fsp3) is 0.333. The average molecular weight is 468 g/mol. The van der Waals surface area contributed by atoms with Gasteiger partial charge in [-0.25, -0.2) is 4.98 Å². The van der Waals surface area contributed by atoms with E-state index in [4.69, 9.17) is 14.7 Å². The number of anilines is 1. The minimum Gasteiger partial charge on any atom is -0.423 e. The van der Waals surface area contributed by atoms with E-state index in [1.807, 2.05) is 47.9 Å². The third-order valence-corrected chi connectivity index (χ3v) is 7.48. The van der Waals surface area contributed by atoms with Gasteiger partial charge in [-0.2, -0.15) is 4.98 Å². The molecule has 1 aliphatic carbocycles. The van der Waals surface area contributed by atoms with Crippen molar-refractivity contribution in [3.8, 4) is 5.95 Å². The molecule has 0 amide bonds. The van der Waals surface area contributed by atoms with E-state index in [-0.39, 0.29) is 0 Å². The van der Waals surface area contributed by atoms with Crippen molar-refractivity contribution in [2.75, 3.05) is 18.5 Å². The topological polar surface area (TPSA) is 92.4 Å². The maximum Gasteiger partial charge on any atom is 0.489 e. The first kappa shape index (κ1) is 22.3. The zero-order chi connectivity index (χ0) is 23.9. The number of hydrogen-bond acceptors (Lipinski definition) is 6. The first-order valence-corrected chi connectivity index (χ1v) is 12.3. The van der Waals surface area contributed by atoms with Crippen LogP contribution in [0.1, 0.15) is 28.9 Å². The van der Waals surface area contributed by atoms with Crippen molar-refractivity contribution in [1.29, 1.82) is 0 Å². The van der Waals surface area contributed by atoms with E-state index in [0.717, 1.165) is 60.6 Å². The summed E-state index contributed by atoms with van der Waals surface area (Å²) in [4.78, 5) is 10.1. The minimum atomic E-state index is -1.54. The van der Waals surface area contributed by atoms with E-state index in [1.165, 1.54) is 11.1 Å². The Morgan fingerprint density at radius 2 is 1.91 bits per heavy atom. The van der Waals surface area contributed by atoms with Crippen molar-refractivity contribution in [2.24, 2.45) is 11.8 Å². The quantitative estimate of drug-likeness (QED) is 0.390. The van der Waals surface area contributed by atoms with Gasteiger partial charge in [-0.3, -0.25) is 4.57 Å². The highest BCUT2D eigenvalue weighted by molar-refractivity contribution is 6.61. The van der Waals surface area contributed by atoms with Crippen LogP contribution in [0.5, 0.6) is 0 Å². The lowest BCUT2D eigenvalue weighted by molar-refractivity contribution is 0.0126. The molecule has 2 atom stereocenters. The van der Waals surface area contributed by atoms with Crippen LogP contribution in [0.2, 0.25) is 0 Å². The standard InChI is InChI=1S/C27H29BN4O3/c1-17-12-21-23(28(33)34)8-5-9-25(21)32(17)27-30-24-14-20-16-35-11-10-19(20)13-22(24)26(31-27)29-15-18-6-3-2-4-7-18/h2-9,12,19-20,33-34H,10-11,13-16H2,1H3,(H,29,30,31). The van der Waals surface area contributed by atoms with Crippen LogP contribution < -0.4 is 10.8 Å². The number of benzene rings is 2. The summed E-state index contributed by atoms with van der Waals surface area (Å²) in [5.41, 5.74) is 5.77. The molecule has 0 bridgehead atoms. The van der Waals surface area contributed by atoms with Gasteiger partial charge >= 0.3 is 7.12 Å². The molecule has 0 spiro atoms. The summed E-state index contributed by atoms with van der Waals surface area (Å²) in [7, 11) is -1.54. The normalized spacial score (nSPS) is 19.3. The van der Waals surface area contributed by atoms with Gasteiger partial charge in [0.1, 0.15) is 5.82 Å². The molecule has 1 fully saturated rings. The molecular formula is C27H29BN4O3. The van der Waals surface area contributed by atoms with Crippen molar-refractivity contribution in [3.05, 3.63) is 77.1 Å². The molecule has 0 saturated carbocycles. The predicted octanol–water partition coefficient (Wildman–Crippen LogP) is 2.77. The Kier molecular flexibility index (Phi) is 5.80. The van der Waals surface area contributed by atoms with Crippen LogP contribution in [0.15, 0.2) is 54.6 Å². The number of nitrogens with zero attached hydrogens (tertiary/aromatic N) is 3. The van der Waals surface area contributed by atoms with Crippen LogP contribution >= 0.6 is 0 Å². The van der Waals surface area contributed by atoms with Crippen LogP contribution in [0, 0.1) is 18.8 Å². The summed E-state index contributed by atoms with van der Waals surface area (Å²) in [6.45, 7) is 4.31. The van der Waals surface area contributed by atoms with E-state index in [0.29, 0.717) is 29.8 Å². The number of rotatable bonds is 5. The van der Waals surface area contributed by atoms with Crippen molar-refractivity contribution >= 4 is 29.3 Å². The summed E-state index contributed by atoms with van der Waals surface area (Å²) in [6.07, 6.45) is 2.93. The molecule has 35 heavy (non-hydrogen) atoms. The Labute approximate surface area is 205 Å². The number of aromatic nitrogens is 3. The number of nitrogens with one attached hydrogen (secondary N) is 1. The van der Waals surface area contributed by atoms with Gasteiger partial charge in [0, 0.05) is 29.8 Å². The molecule has 1 saturated heterocycles. The van der Waals surface area contributed by atoms with Crippen LogP contribution in [0.3, 0.4) is 0 Å². The van der Waals surface area contributed by atoms with Crippen molar-refractivity contribution in [2.45, 2.75) is 32.7 Å². The third kappa shape index (κ3) is 4.12. The van der Waals surface area contributed by atoms with E-state index >= 15 is 0 Å². The SMILES string of the molecule is Cc1cc2c(B(O)O)cccc2n1-c1nc2c(c(NCc3ccccc3)n1)CC1CCOCC1C2. The summed E-state index contributed by atoms with van der Waals surface area (Å²) in [5, 5.41) is 24.2. The lowest BCUT2D eigenvalue weighted by atomic mass is 9.75. The van der Waals surface area contributed by atoms with Crippen molar-refractivity contribution in [3.63, 3.8) is 0 Å². The molecule has 2 aromatic carbocycles. The van der Waals surface area contributed by atoms with Crippen molar-refractivity contribution in [1.82, 2.24) is 14.5 Å². The first-order valence-electron chi connectivity index (χ1n) is 12.3. The van der Waals surface area contributed by atoms with Crippen LogP contribution in [-0.2, 0) is 24.1 Å². The maximum absolute atomic E-state index is 9.88. The van der Waals surface area contributed by atoms with Gasteiger partial charge in [0.05, 0.1) is 17.8 Å². The summed E-state index contributed by atoms with van der Waals surface area (Å²) in [6, 6.07) is 17.9. The summed E-state index contributed by atoms with van der Waals surface area (Å²) >= 11 is 0. The fourth-order valence-electron chi connectivity index (χ4n) is 5.65. The first-order chi connectivity index (χ1) is 17.1. The smallest absolute Gasteiger partial charge is 0.423 e. The van der Waals surface area contributed by atoms with E-state index in [2.05, 4.69) is 17.4 Å². The van der Waals surface area contributed by atoms with E-state index in [1.54, 1.807) is 6.07 Å². The Hall–Kier alpha value is -3.20. The molecule has 7 nitrogen and oxygen atoms in total. The summed E-state index contributed by atoms with van der Waals surface area (Å²) in [5.74, 6) is 2.58. The van der Waals surface area contributed by atoms with Gasteiger partial charge < -0.3 is 20.1 Å². The highest BCUT2D eigenvalue weighted by Crippen LogP contribution is 2.37. The molecular weight excluding hydrogens is 439 g/mol. The largest absolute Gasteiger partial charge is 0.489 e. The zero-order valence-corrected chi connectivity index (χ0v) is 19.8. The predicted molar refractivity (Wildman–Crippen MR) is 137 cm³/mol. The number of hydrogen-bond donors (Lipinski definition) is 3. The Morgan fingerprint density at radius 1 is 1.06 bits per heavy atom. The molecule has 4 aromatic rings. The molecule has 6 rings (SSSR count). The van der Waals surface area contributed by atoms with Crippen LogP contribution in [0.4, 0.5) is 5.82 Å². The second-order valence-corrected chi connectivity index (χ2v) is 9.70. The zero-order valence-electron chi connectivity index (χ0n) is 19.8. The van der Waals surface area contributed by atoms with Gasteiger partial charge in [-0.15, -0.1) is 0 Å². The molecule has 8 heteroatoms. The number of ether oxygens (including phenoxy) is 1. The van der Waals surface area contributed by atoms with Crippen LogP contribution in [-0.4, -0.2) is 44.9 Å². The lowest BCUT2D eigenvalue weighted by Crippen LogP contribution is -2.35. The number of aryl methyl sites for hydroxylation is 1. The summed E-state index contributed by atoms with van der Waals surface area (Å²) < 4.78 is 7.81. The highest BCUT2D eigenvalue weighted by atomic mass is 16.5. The molecule has 178 valence electrons. The maximum atomic E-state index is 9.88.